The maximum absolute atomic E-state index is 12.4. The van der Waals surface area contributed by atoms with Crippen molar-refractivity contribution in [2.75, 3.05) is 19.6 Å². The molecule has 2 amide bonds. The van der Waals surface area contributed by atoms with Gasteiger partial charge in [0.25, 0.3) is 0 Å². The fourth-order valence-corrected chi connectivity index (χ4v) is 2.68. The first kappa shape index (κ1) is 22.8. The number of benzene rings is 1. The number of nitrogens with zero attached hydrogens (tertiary/aromatic N) is 1. The van der Waals surface area contributed by atoms with Gasteiger partial charge in [0.2, 0.25) is 0 Å². The van der Waals surface area contributed by atoms with E-state index in [1.807, 2.05) is 35.2 Å². The number of carboxylic acid groups (broad SMARTS) is 1. The zero-order valence-electron chi connectivity index (χ0n) is 15.3. The van der Waals surface area contributed by atoms with Crippen LogP contribution in [0.5, 0.6) is 0 Å². The largest absolute Gasteiger partial charge is 0.490 e. The minimum Gasteiger partial charge on any atom is -0.475 e. The number of carbonyl (C=O) groups excluding carboxylic acids is 1. The van der Waals surface area contributed by atoms with Gasteiger partial charge in [-0.1, -0.05) is 37.3 Å². The summed E-state index contributed by atoms with van der Waals surface area (Å²) in [5, 5.41) is 13.5. The van der Waals surface area contributed by atoms with Gasteiger partial charge in [-0.15, -0.1) is 0 Å². The van der Waals surface area contributed by atoms with Gasteiger partial charge in [0, 0.05) is 19.1 Å². The molecule has 152 valence electrons. The van der Waals surface area contributed by atoms with E-state index in [4.69, 9.17) is 9.90 Å². The summed E-state index contributed by atoms with van der Waals surface area (Å²) in [6.07, 6.45) is -1.97. The van der Waals surface area contributed by atoms with Crippen LogP contribution in [0.2, 0.25) is 0 Å². The number of urea groups is 1. The van der Waals surface area contributed by atoms with Gasteiger partial charge in [-0.2, -0.15) is 13.2 Å². The van der Waals surface area contributed by atoms with Crippen molar-refractivity contribution in [2.45, 2.75) is 44.9 Å². The molecule has 0 spiro atoms. The zero-order valence-corrected chi connectivity index (χ0v) is 15.3. The van der Waals surface area contributed by atoms with Gasteiger partial charge in [0.1, 0.15) is 0 Å². The Morgan fingerprint density at radius 2 is 1.78 bits per heavy atom. The second-order valence-electron chi connectivity index (χ2n) is 6.12. The van der Waals surface area contributed by atoms with Crippen molar-refractivity contribution < 1.29 is 27.9 Å². The third-order valence-electron chi connectivity index (χ3n) is 4.00. The molecule has 1 aliphatic rings. The topological polar surface area (TPSA) is 81.7 Å². The normalized spacial score (nSPS) is 14.7. The Morgan fingerprint density at radius 3 is 2.26 bits per heavy atom. The second kappa shape index (κ2) is 11.4. The lowest BCUT2D eigenvalue weighted by Crippen LogP contribution is -2.50. The lowest BCUT2D eigenvalue weighted by atomic mass is 10.0. The van der Waals surface area contributed by atoms with E-state index in [0.717, 1.165) is 44.5 Å². The van der Waals surface area contributed by atoms with Crippen LogP contribution in [0, 0.1) is 0 Å². The molecule has 1 heterocycles. The molecular formula is C18H26F3N3O3. The highest BCUT2D eigenvalue weighted by Crippen LogP contribution is 2.13. The highest BCUT2D eigenvalue weighted by atomic mass is 19.4. The highest BCUT2D eigenvalue weighted by molar-refractivity contribution is 5.74. The number of amides is 2. The van der Waals surface area contributed by atoms with E-state index in [0.29, 0.717) is 12.6 Å². The Kier molecular flexibility index (Phi) is 9.63. The molecule has 9 heteroatoms. The van der Waals surface area contributed by atoms with Gasteiger partial charge in [0.05, 0.1) is 0 Å². The first-order valence-corrected chi connectivity index (χ1v) is 8.85. The van der Waals surface area contributed by atoms with Crippen LogP contribution in [0.15, 0.2) is 30.3 Å². The SMILES string of the molecule is CCCN(C(=O)NCc1ccccc1)C1CCNCC1.O=C(O)C(F)(F)F. The number of hydrogen-bond acceptors (Lipinski definition) is 3. The number of rotatable bonds is 5. The van der Waals surface area contributed by atoms with Gasteiger partial charge in [0.15, 0.2) is 0 Å². The number of halogens is 3. The number of carbonyl (C=O) groups is 2. The van der Waals surface area contributed by atoms with E-state index in [2.05, 4.69) is 17.6 Å². The monoisotopic (exact) mass is 389 g/mol. The molecule has 2 rings (SSSR count). The molecule has 0 bridgehead atoms. The van der Waals surface area contributed by atoms with Crippen molar-refractivity contribution in [2.24, 2.45) is 0 Å². The van der Waals surface area contributed by atoms with E-state index in [9.17, 15) is 18.0 Å². The van der Waals surface area contributed by atoms with Crippen molar-refractivity contribution >= 4 is 12.0 Å². The summed E-state index contributed by atoms with van der Waals surface area (Å²) < 4.78 is 31.7. The average Bonchev–Trinajstić information content (AvgIpc) is 2.65. The van der Waals surface area contributed by atoms with E-state index < -0.39 is 12.1 Å². The molecule has 0 aromatic heterocycles. The number of nitrogens with one attached hydrogen (secondary N) is 2. The molecule has 6 nitrogen and oxygen atoms in total. The van der Waals surface area contributed by atoms with Crippen molar-refractivity contribution in [3.8, 4) is 0 Å². The molecule has 0 atom stereocenters. The maximum atomic E-state index is 12.4. The third kappa shape index (κ3) is 8.76. The summed E-state index contributed by atoms with van der Waals surface area (Å²) >= 11 is 0. The molecule has 0 saturated carbocycles. The molecule has 1 saturated heterocycles. The Bertz CT molecular complexity index is 576. The average molecular weight is 389 g/mol. The molecule has 3 N–H and O–H groups in total. The van der Waals surface area contributed by atoms with Gasteiger partial charge in [-0.3, -0.25) is 0 Å². The van der Waals surface area contributed by atoms with Crippen molar-refractivity contribution in [1.82, 2.24) is 15.5 Å². The van der Waals surface area contributed by atoms with Crippen LogP contribution >= 0.6 is 0 Å². The second-order valence-corrected chi connectivity index (χ2v) is 6.12. The minimum absolute atomic E-state index is 0.0719. The number of piperidine rings is 1. The van der Waals surface area contributed by atoms with Crippen LogP contribution in [-0.2, 0) is 11.3 Å². The lowest BCUT2D eigenvalue weighted by Gasteiger charge is -2.34. The summed E-state index contributed by atoms with van der Waals surface area (Å²) in [6.45, 7) is 5.59. The molecule has 1 aliphatic heterocycles. The molecule has 0 aliphatic carbocycles. The summed E-state index contributed by atoms with van der Waals surface area (Å²) in [5.74, 6) is -2.76. The molecule has 0 radical (unpaired) electrons. The van der Waals surface area contributed by atoms with Crippen LogP contribution in [0.1, 0.15) is 31.7 Å². The van der Waals surface area contributed by atoms with Crippen LogP contribution < -0.4 is 10.6 Å². The zero-order chi connectivity index (χ0) is 20.3. The standard InChI is InChI=1S/C16H25N3O.C2HF3O2/c1-2-12-19(15-8-10-17-11-9-15)16(20)18-13-14-6-4-3-5-7-14;3-2(4,5)1(6)7/h3-7,15,17H,2,8-13H2,1H3,(H,18,20);(H,6,7). The number of hydrogen-bond donors (Lipinski definition) is 3. The fourth-order valence-electron chi connectivity index (χ4n) is 2.68. The Morgan fingerprint density at radius 1 is 1.22 bits per heavy atom. The first-order valence-electron chi connectivity index (χ1n) is 8.85. The van der Waals surface area contributed by atoms with E-state index in [1.165, 1.54) is 0 Å². The van der Waals surface area contributed by atoms with Crippen LogP contribution in [-0.4, -0.2) is 53.9 Å². The van der Waals surface area contributed by atoms with Crippen molar-refractivity contribution in [1.29, 1.82) is 0 Å². The van der Waals surface area contributed by atoms with E-state index >= 15 is 0 Å². The molecule has 0 unspecified atom stereocenters. The van der Waals surface area contributed by atoms with Crippen LogP contribution in [0.4, 0.5) is 18.0 Å². The van der Waals surface area contributed by atoms with Crippen LogP contribution in [0.25, 0.3) is 0 Å². The minimum atomic E-state index is -5.08. The molecule has 1 fully saturated rings. The summed E-state index contributed by atoms with van der Waals surface area (Å²) in [5.41, 5.74) is 1.14. The lowest BCUT2D eigenvalue weighted by molar-refractivity contribution is -0.192. The summed E-state index contributed by atoms with van der Waals surface area (Å²) in [7, 11) is 0. The number of carboxylic acids is 1. The summed E-state index contributed by atoms with van der Waals surface area (Å²) in [4.78, 5) is 23.3. The molecular weight excluding hydrogens is 363 g/mol. The van der Waals surface area contributed by atoms with E-state index in [1.54, 1.807) is 0 Å². The fraction of sp³-hybridized carbons (Fsp3) is 0.556. The number of aliphatic carboxylic acids is 1. The Hall–Kier alpha value is -2.29. The molecule has 1 aromatic carbocycles. The van der Waals surface area contributed by atoms with Gasteiger partial charge < -0.3 is 20.6 Å². The van der Waals surface area contributed by atoms with Crippen molar-refractivity contribution in [3.63, 3.8) is 0 Å². The molecule has 27 heavy (non-hydrogen) atoms. The third-order valence-corrected chi connectivity index (χ3v) is 4.00. The predicted molar refractivity (Wildman–Crippen MR) is 95.3 cm³/mol. The Balaban J connectivity index is 0.000000445. The molecule has 1 aromatic rings. The smallest absolute Gasteiger partial charge is 0.475 e. The van der Waals surface area contributed by atoms with E-state index in [-0.39, 0.29) is 6.03 Å². The quantitative estimate of drug-likeness (QED) is 0.723. The maximum Gasteiger partial charge on any atom is 0.490 e. The Labute approximate surface area is 156 Å². The highest BCUT2D eigenvalue weighted by Gasteiger charge is 2.38. The van der Waals surface area contributed by atoms with Gasteiger partial charge in [-0.25, -0.2) is 9.59 Å². The first-order chi connectivity index (χ1) is 12.8. The van der Waals surface area contributed by atoms with Crippen LogP contribution in [0.3, 0.4) is 0 Å². The van der Waals surface area contributed by atoms with Gasteiger partial charge in [-0.05, 0) is 37.9 Å². The summed E-state index contributed by atoms with van der Waals surface area (Å²) in [6, 6.07) is 10.5. The van der Waals surface area contributed by atoms with Gasteiger partial charge >= 0.3 is 18.2 Å². The van der Waals surface area contributed by atoms with Crippen molar-refractivity contribution in [3.05, 3.63) is 35.9 Å². The number of alkyl halides is 3. The predicted octanol–water partition coefficient (Wildman–Crippen LogP) is 2.99.